The predicted octanol–water partition coefficient (Wildman–Crippen LogP) is 0.0929. The second-order valence-corrected chi connectivity index (χ2v) is 7.31. The number of esters is 1. The first-order valence-electron chi connectivity index (χ1n) is 7.55. The number of amides is 1. The van der Waals surface area contributed by atoms with Crippen LogP contribution in [0.1, 0.15) is 35.0 Å². The minimum absolute atomic E-state index is 0.116. The van der Waals surface area contributed by atoms with E-state index in [4.69, 9.17) is 4.74 Å². The van der Waals surface area contributed by atoms with Crippen LogP contribution < -0.4 is 9.62 Å². The van der Waals surface area contributed by atoms with Crippen molar-refractivity contribution < 1.29 is 22.7 Å². The zero-order valence-electron chi connectivity index (χ0n) is 14.1. The second kappa shape index (κ2) is 7.06. The molecule has 2 heterocycles. The molecule has 9 nitrogen and oxygen atoms in total. The molecular weight excluding hydrogens is 348 g/mol. The van der Waals surface area contributed by atoms with Crippen LogP contribution in [0.4, 0.5) is 5.82 Å². The van der Waals surface area contributed by atoms with Gasteiger partial charge in [0.05, 0.1) is 29.7 Å². The number of rotatable bonds is 5. The molecule has 10 heteroatoms. The molecule has 0 aliphatic carbocycles. The first-order chi connectivity index (χ1) is 11.7. The molecule has 2 rings (SSSR count). The largest absolute Gasteiger partial charge is 0.462 e. The third-order valence-electron chi connectivity index (χ3n) is 3.69. The number of pyridine rings is 1. The number of anilines is 1. The van der Waals surface area contributed by atoms with Crippen molar-refractivity contribution in [3.05, 3.63) is 22.9 Å². The minimum atomic E-state index is -3.67. The van der Waals surface area contributed by atoms with Gasteiger partial charge in [-0.25, -0.2) is 18.2 Å². The van der Waals surface area contributed by atoms with Gasteiger partial charge in [0.25, 0.3) is 5.91 Å². The Bertz CT molecular complexity index is 859. The number of nitriles is 1. The number of ether oxygens (including phenoxy) is 1. The lowest BCUT2D eigenvalue weighted by Crippen LogP contribution is -2.57. The van der Waals surface area contributed by atoms with Gasteiger partial charge in [0.15, 0.2) is 0 Å². The van der Waals surface area contributed by atoms with E-state index in [-0.39, 0.29) is 23.6 Å². The van der Waals surface area contributed by atoms with Crippen LogP contribution in [0.25, 0.3) is 0 Å². The van der Waals surface area contributed by atoms with Gasteiger partial charge in [0, 0.05) is 6.54 Å². The summed E-state index contributed by atoms with van der Waals surface area (Å²) in [5.74, 6) is -1.01. The predicted molar refractivity (Wildman–Crippen MR) is 88.4 cm³/mol. The van der Waals surface area contributed by atoms with Crippen molar-refractivity contribution in [2.75, 3.05) is 24.3 Å². The van der Waals surface area contributed by atoms with Crippen LogP contribution in [-0.4, -0.2) is 50.7 Å². The molecule has 1 unspecified atom stereocenters. The quantitative estimate of drug-likeness (QED) is 0.726. The SMILES string of the molecule is CCOC(=O)c1cc(C#N)c(N2CCC2C(=O)NS(C)(=O)=O)nc1C. The van der Waals surface area contributed by atoms with Gasteiger partial charge in [0.1, 0.15) is 17.9 Å². The summed E-state index contributed by atoms with van der Waals surface area (Å²) in [7, 11) is -3.67. The first-order valence-corrected chi connectivity index (χ1v) is 9.44. The maximum atomic E-state index is 12.1. The van der Waals surface area contributed by atoms with Crippen LogP contribution >= 0.6 is 0 Å². The molecule has 1 atom stereocenters. The van der Waals surface area contributed by atoms with E-state index in [1.807, 2.05) is 10.8 Å². The fourth-order valence-corrected chi connectivity index (χ4v) is 2.98. The molecule has 0 radical (unpaired) electrons. The second-order valence-electron chi connectivity index (χ2n) is 5.56. The zero-order valence-corrected chi connectivity index (χ0v) is 14.9. The summed E-state index contributed by atoms with van der Waals surface area (Å²) < 4.78 is 29.3. The Kier molecular flexibility index (Phi) is 5.27. The third-order valence-corrected chi connectivity index (χ3v) is 4.26. The van der Waals surface area contributed by atoms with E-state index in [9.17, 15) is 23.3 Å². The summed E-state index contributed by atoms with van der Waals surface area (Å²) in [6.45, 7) is 3.91. The molecule has 1 aromatic heterocycles. The summed E-state index contributed by atoms with van der Waals surface area (Å²) in [5.41, 5.74) is 0.659. The van der Waals surface area contributed by atoms with E-state index >= 15 is 0 Å². The number of nitrogens with one attached hydrogen (secondary N) is 1. The van der Waals surface area contributed by atoms with E-state index < -0.39 is 27.9 Å². The molecule has 1 aliphatic heterocycles. The standard InChI is InChI=1S/C15H18N4O5S/c1-4-24-15(21)11-7-10(8-16)13(17-9(11)2)19-6-5-12(19)14(20)18-25(3,22)23/h7,12H,4-6H2,1-3H3,(H,18,20). The van der Waals surface area contributed by atoms with Crippen molar-refractivity contribution >= 4 is 27.7 Å². The fourth-order valence-electron chi connectivity index (χ4n) is 2.47. The average molecular weight is 366 g/mol. The molecule has 1 N–H and O–H groups in total. The number of aryl methyl sites for hydroxylation is 1. The van der Waals surface area contributed by atoms with Crippen LogP contribution in [0.5, 0.6) is 0 Å². The van der Waals surface area contributed by atoms with E-state index in [2.05, 4.69) is 4.98 Å². The van der Waals surface area contributed by atoms with Crippen molar-refractivity contribution in [2.24, 2.45) is 0 Å². The summed E-state index contributed by atoms with van der Waals surface area (Å²) in [4.78, 5) is 29.8. The third kappa shape index (κ3) is 4.06. The molecule has 0 spiro atoms. The van der Waals surface area contributed by atoms with E-state index in [0.717, 1.165) is 6.26 Å². The molecule has 1 amide bonds. The number of hydrogen-bond acceptors (Lipinski definition) is 8. The van der Waals surface area contributed by atoms with Crippen molar-refractivity contribution in [3.8, 4) is 6.07 Å². The normalized spacial score (nSPS) is 16.6. The van der Waals surface area contributed by atoms with Crippen LogP contribution in [0.3, 0.4) is 0 Å². The minimum Gasteiger partial charge on any atom is -0.462 e. The lowest BCUT2D eigenvalue weighted by molar-refractivity contribution is -0.121. The molecule has 1 fully saturated rings. The summed E-state index contributed by atoms with van der Waals surface area (Å²) in [5, 5.41) is 9.36. The lowest BCUT2D eigenvalue weighted by atomic mass is 10.0. The fraction of sp³-hybridized carbons (Fsp3) is 0.467. The first kappa shape index (κ1) is 18.7. The monoisotopic (exact) mass is 366 g/mol. The number of nitrogens with zero attached hydrogens (tertiary/aromatic N) is 3. The lowest BCUT2D eigenvalue weighted by Gasteiger charge is -2.40. The summed E-state index contributed by atoms with van der Waals surface area (Å²) >= 11 is 0. The smallest absolute Gasteiger partial charge is 0.340 e. The van der Waals surface area contributed by atoms with Gasteiger partial charge in [-0.05, 0) is 26.3 Å². The maximum absolute atomic E-state index is 12.1. The molecule has 25 heavy (non-hydrogen) atoms. The summed E-state index contributed by atoms with van der Waals surface area (Å²) in [6.07, 6.45) is 1.33. The Balaban J connectivity index is 2.33. The van der Waals surface area contributed by atoms with Gasteiger partial charge in [-0.2, -0.15) is 5.26 Å². The van der Waals surface area contributed by atoms with Gasteiger partial charge >= 0.3 is 5.97 Å². The number of sulfonamides is 1. The Labute approximate surface area is 145 Å². The Hall–Kier alpha value is -2.67. The van der Waals surface area contributed by atoms with E-state index in [1.54, 1.807) is 18.7 Å². The van der Waals surface area contributed by atoms with Crippen molar-refractivity contribution in [1.29, 1.82) is 5.26 Å². The summed E-state index contributed by atoms with van der Waals surface area (Å²) in [6, 6.07) is 2.60. The average Bonchev–Trinajstić information content (AvgIpc) is 2.44. The van der Waals surface area contributed by atoms with Crippen molar-refractivity contribution in [1.82, 2.24) is 9.71 Å². The maximum Gasteiger partial charge on any atom is 0.340 e. The van der Waals surface area contributed by atoms with Gasteiger partial charge in [-0.1, -0.05) is 0 Å². The molecule has 1 aliphatic rings. The highest BCUT2D eigenvalue weighted by atomic mass is 32.2. The highest BCUT2D eigenvalue weighted by Crippen LogP contribution is 2.29. The van der Waals surface area contributed by atoms with Crippen LogP contribution in [0.15, 0.2) is 6.07 Å². The van der Waals surface area contributed by atoms with Crippen LogP contribution in [-0.2, 0) is 19.6 Å². The Morgan fingerprint density at radius 2 is 2.20 bits per heavy atom. The topological polar surface area (TPSA) is 129 Å². The molecule has 0 aromatic carbocycles. The number of hydrogen-bond donors (Lipinski definition) is 1. The number of carbonyl (C=O) groups excluding carboxylic acids is 2. The molecule has 134 valence electrons. The van der Waals surface area contributed by atoms with Gasteiger partial charge in [-0.15, -0.1) is 0 Å². The van der Waals surface area contributed by atoms with E-state index in [0.29, 0.717) is 18.7 Å². The Morgan fingerprint density at radius 1 is 1.52 bits per heavy atom. The molecular formula is C15H18N4O5S. The van der Waals surface area contributed by atoms with E-state index in [1.165, 1.54) is 6.07 Å². The molecule has 0 bridgehead atoms. The Morgan fingerprint density at radius 3 is 2.68 bits per heavy atom. The van der Waals surface area contributed by atoms with Crippen molar-refractivity contribution in [3.63, 3.8) is 0 Å². The van der Waals surface area contributed by atoms with Crippen LogP contribution in [0, 0.1) is 18.3 Å². The van der Waals surface area contributed by atoms with Crippen molar-refractivity contribution in [2.45, 2.75) is 26.3 Å². The molecule has 0 saturated carbocycles. The van der Waals surface area contributed by atoms with Crippen LogP contribution in [0.2, 0.25) is 0 Å². The van der Waals surface area contributed by atoms with Gasteiger partial charge < -0.3 is 9.64 Å². The number of aromatic nitrogens is 1. The van der Waals surface area contributed by atoms with Gasteiger partial charge in [-0.3, -0.25) is 9.52 Å². The zero-order chi connectivity index (χ0) is 18.8. The highest BCUT2D eigenvalue weighted by Gasteiger charge is 2.38. The van der Waals surface area contributed by atoms with Gasteiger partial charge in [0.2, 0.25) is 10.0 Å². The molecule has 1 aromatic rings. The molecule has 1 saturated heterocycles. The highest BCUT2D eigenvalue weighted by molar-refractivity contribution is 7.89. The number of carbonyl (C=O) groups is 2.